The van der Waals surface area contributed by atoms with E-state index in [4.69, 9.17) is 5.73 Å². The monoisotopic (exact) mass is 415 g/mol. The van der Waals surface area contributed by atoms with Crippen LogP contribution < -0.4 is 5.73 Å². The zero-order chi connectivity index (χ0) is 10.9. The van der Waals surface area contributed by atoms with Crippen molar-refractivity contribution >= 4 is 45.2 Å². The first kappa shape index (κ1) is 12.7. The molecule has 1 atom stereocenters. The molecule has 1 unspecified atom stereocenters. The average Bonchev–Trinajstić information content (AvgIpc) is 2.06. The summed E-state index contributed by atoms with van der Waals surface area (Å²) in [5.74, 6) is 0. The summed E-state index contributed by atoms with van der Waals surface area (Å²) in [4.78, 5) is 0. The van der Waals surface area contributed by atoms with Crippen molar-refractivity contribution in [1.82, 2.24) is 0 Å². The first-order chi connectivity index (χ1) is 6.32. The van der Waals surface area contributed by atoms with Crippen LogP contribution in [0.15, 0.2) is 18.2 Å². The van der Waals surface area contributed by atoms with Gasteiger partial charge in [0, 0.05) is 13.2 Å². The van der Waals surface area contributed by atoms with E-state index in [1.54, 1.807) is 0 Å². The van der Waals surface area contributed by atoms with Crippen molar-refractivity contribution in [1.29, 1.82) is 0 Å². The summed E-state index contributed by atoms with van der Waals surface area (Å²) >= 11 is 4.67. The highest BCUT2D eigenvalue weighted by Gasteiger charge is 2.23. The van der Waals surface area contributed by atoms with Crippen molar-refractivity contribution < 1.29 is 0 Å². The second-order valence-electron chi connectivity index (χ2n) is 4.51. The molecule has 14 heavy (non-hydrogen) atoms. The second kappa shape index (κ2) is 4.65. The number of hydrogen-bond acceptors (Lipinski definition) is 1. The lowest BCUT2D eigenvalue weighted by Crippen LogP contribution is -2.27. The quantitative estimate of drug-likeness (QED) is 0.692. The number of rotatable bonds is 1. The van der Waals surface area contributed by atoms with Crippen molar-refractivity contribution in [2.24, 2.45) is 11.1 Å². The average molecular weight is 415 g/mol. The van der Waals surface area contributed by atoms with E-state index in [2.05, 4.69) is 84.2 Å². The Morgan fingerprint density at radius 3 is 2.29 bits per heavy atom. The molecule has 1 aromatic rings. The smallest absolute Gasteiger partial charge is 0.0355 e. The molecule has 0 aliphatic heterocycles. The van der Waals surface area contributed by atoms with Gasteiger partial charge in [-0.25, -0.2) is 0 Å². The summed E-state index contributed by atoms with van der Waals surface area (Å²) in [7, 11) is 0. The Hall–Kier alpha value is 0.640. The summed E-state index contributed by atoms with van der Waals surface area (Å²) in [6, 6.07) is 6.52. The fourth-order valence-corrected chi connectivity index (χ4v) is 2.41. The molecule has 78 valence electrons. The fraction of sp³-hybridized carbons (Fsp3) is 0.455. The van der Waals surface area contributed by atoms with Crippen molar-refractivity contribution in [3.8, 4) is 0 Å². The number of hydrogen-bond donors (Lipinski definition) is 1. The molecule has 0 amide bonds. The molecular formula is C11H15I2N. The summed E-state index contributed by atoms with van der Waals surface area (Å²) in [5.41, 5.74) is 7.60. The van der Waals surface area contributed by atoms with Gasteiger partial charge in [-0.05, 0) is 74.4 Å². The highest BCUT2D eigenvalue weighted by atomic mass is 127. The van der Waals surface area contributed by atoms with Gasteiger partial charge >= 0.3 is 0 Å². The maximum absolute atomic E-state index is 6.23. The van der Waals surface area contributed by atoms with Crippen LogP contribution in [-0.4, -0.2) is 0 Å². The van der Waals surface area contributed by atoms with Crippen molar-refractivity contribution in [2.75, 3.05) is 0 Å². The topological polar surface area (TPSA) is 26.0 Å². The van der Waals surface area contributed by atoms with Gasteiger partial charge in [-0.2, -0.15) is 0 Å². The molecule has 1 rings (SSSR count). The van der Waals surface area contributed by atoms with E-state index < -0.39 is 0 Å². The number of nitrogens with two attached hydrogens (primary N) is 1. The van der Waals surface area contributed by atoms with Crippen molar-refractivity contribution in [3.63, 3.8) is 0 Å². The Bertz CT molecular complexity index is 329. The first-order valence-corrected chi connectivity index (χ1v) is 6.68. The molecule has 0 aliphatic rings. The highest BCUT2D eigenvalue weighted by Crippen LogP contribution is 2.33. The van der Waals surface area contributed by atoms with E-state index in [9.17, 15) is 0 Å². The molecule has 0 fully saturated rings. The zero-order valence-electron chi connectivity index (χ0n) is 8.64. The van der Waals surface area contributed by atoms with Crippen molar-refractivity contribution in [2.45, 2.75) is 26.8 Å². The lowest BCUT2D eigenvalue weighted by Gasteiger charge is -2.28. The van der Waals surface area contributed by atoms with Gasteiger partial charge in [-0.1, -0.05) is 20.8 Å². The fourth-order valence-electron chi connectivity index (χ4n) is 1.22. The van der Waals surface area contributed by atoms with E-state index in [1.807, 2.05) is 0 Å². The van der Waals surface area contributed by atoms with Crippen LogP contribution in [0.3, 0.4) is 0 Å². The van der Waals surface area contributed by atoms with Crippen LogP contribution >= 0.6 is 45.2 Å². The van der Waals surface area contributed by atoms with E-state index in [1.165, 1.54) is 12.7 Å². The maximum Gasteiger partial charge on any atom is 0.0355 e. The highest BCUT2D eigenvalue weighted by molar-refractivity contribution is 14.1. The van der Waals surface area contributed by atoms with Crippen LogP contribution in [0.25, 0.3) is 0 Å². The summed E-state index contributed by atoms with van der Waals surface area (Å²) in [6.45, 7) is 6.52. The molecule has 1 aromatic carbocycles. The molecule has 0 radical (unpaired) electrons. The van der Waals surface area contributed by atoms with E-state index in [0.717, 1.165) is 0 Å². The number of halogens is 2. The molecule has 3 heteroatoms. The molecular weight excluding hydrogens is 400 g/mol. The molecule has 0 aromatic heterocycles. The van der Waals surface area contributed by atoms with Gasteiger partial charge in [0.15, 0.2) is 0 Å². The predicted molar refractivity (Wildman–Crippen MR) is 78.3 cm³/mol. The molecule has 0 aliphatic carbocycles. The van der Waals surface area contributed by atoms with Crippen LogP contribution in [0.5, 0.6) is 0 Å². The molecule has 2 N–H and O–H groups in total. The summed E-state index contributed by atoms with van der Waals surface area (Å²) in [6.07, 6.45) is 0. The minimum absolute atomic E-state index is 0.101. The van der Waals surface area contributed by atoms with Crippen LogP contribution in [0, 0.1) is 12.6 Å². The Balaban J connectivity index is 3.12. The maximum atomic E-state index is 6.23. The van der Waals surface area contributed by atoms with Gasteiger partial charge in [0.1, 0.15) is 0 Å². The van der Waals surface area contributed by atoms with Gasteiger partial charge in [0.05, 0.1) is 0 Å². The molecule has 0 saturated carbocycles. The first-order valence-electron chi connectivity index (χ1n) is 4.53. The predicted octanol–water partition coefficient (Wildman–Crippen LogP) is 3.94. The molecule has 0 saturated heterocycles. The molecule has 0 heterocycles. The Labute approximate surface area is 113 Å². The summed E-state index contributed by atoms with van der Waals surface area (Å²) < 4.78 is 2.50. The van der Waals surface area contributed by atoms with Crippen LogP contribution in [0.4, 0.5) is 0 Å². The Morgan fingerprint density at radius 1 is 1.21 bits per heavy atom. The zero-order valence-corrected chi connectivity index (χ0v) is 13.0. The minimum atomic E-state index is 0.101. The van der Waals surface area contributed by atoms with E-state index in [-0.39, 0.29) is 11.5 Å². The largest absolute Gasteiger partial charge is 0.323 e. The Kier molecular flexibility index (Phi) is 4.22. The third-order valence-corrected chi connectivity index (χ3v) is 3.88. The SMILES string of the molecule is CC(C)(C)C(N)c1cc(I)ccc1I. The minimum Gasteiger partial charge on any atom is -0.323 e. The van der Waals surface area contributed by atoms with Gasteiger partial charge in [0.25, 0.3) is 0 Å². The normalized spacial score (nSPS) is 14.1. The molecule has 0 spiro atoms. The molecule has 1 nitrogen and oxygen atoms in total. The van der Waals surface area contributed by atoms with Crippen LogP contribution in [0.2, 0.25) is 0 Å². The van der Waals surface area contributed by atoms with Crippen LogP contribution in [-0.2, 0) is 0 Å². The van der Waals surface area contributed by atoms with E-state index in [0.29, 0.717) is 0 Å². The standard InChI is InChI=1S/C11H15I2N/c1-11(2,3)10(14)8-6-7(12)4-5-9(8)13/h4-6,10H,14H2,1-3H3. The van der Waals surface area contributed by atoms with Gasteiger partial charge in [-0.3, -0.25) is 0 Å². The Morgan fingerprint density at radius 2 is 1.79 bits per heavy atom. The second-order valence-corrected chi connectivity index (χ2v) is 6.92. The third kappa shape index (κ3) is 3.06. The third-order valence-electron chi connectivity index (χ3n) is 2.23. The lowest BCUT2D eigenvalue weighted by atomic mass is 9.83. The van der Waals surface area contributed by atoms with Gasteiger partial charge < -0.3 is 5.73 Å². The molecule has 0 bridgehead atoms. The summed E-state index contributed by atoms with van der Waals surface area (Å²) in [5, 5.41) is 0. The van der Waals surface area contributed by atoms with Crippen molar-refractivity contribution in [3.05, 3.63) is 30.9 Å². The number of benzene rings is 1. The van der Waals surface area contributed by atoms with E-state index >= 15 is 0 Å². The van der Waals surface area contributed by atoms with Crippen LogP contribution in [0.1, 0.15) is 32.4 Å². The lowest BCUT2D eigenvalue weighted by molar-refractivity contribution is 0.326. The van der Waals surface area contributed by atoms with Gasteiger partial charge in [-0.15, -0.1) is 0 Å². The van der Waals surface area contributed by atoms with Gasteiger partial charge in [0.2, 0.25) is 0 Å².